The molecule has 0 aliphatic rings. The molecule has 1 atom stereocenters. The van der Waals surface area contributed by atoms with Crippen molar-refractivity contribution in [2.45, 2.75) is 19.9 Å². The maximum Gasteiger partial charge on any atom is 0.123 e. The van der Waals surface area contributed by atoms with E-state index in [0.29, 0.717) is 0 Å². The Morgan fingerprint density at radius 3 is 2.58 bits per heavy atom. The number of rotatable bonds is 3. The van der Waals surface area contributed by atoms with Crippen LogP contribution in [0.1, 0.15) is 28.3 Å². The molecule has 0 heterocycles. The molecule has 0 radical (unpaired) electrons. The maximum atomic E-state index is 13.4. The fraction of sp³-hybridized carbons (Fsp3) is 0.200. The fourth-order valence-corrected chi connectivity index (χ4v) is 2.64. The summed E-state index contributed by atoms with van der Waals surface area (Å²) in [5.74, 6) is 5.41. The van der Waals surface area contributed by atoms with Crippen molar-refractivity contribution in [3.05, 3.63) is 68.9 Å². The van der Waals surface area contributed by atoms with Crippen LogP contribution in [-0.2, 0) is 0 Å². The highest BCUT2D eigenvalue weighted by Gasteiger charge is 2.18. The van der Waals surface area contributed by atoms with Crippen molar-refractivity contribution >= 4 is 15.9 Å². The average Bonchev–Trinajstić information content (AvgIpc) is 2.39. The Kier molecular flexibility index (Phi) is 4.34. The van der Waals surface area contributed by atoms with Gasteiger partial charge in [-0.3, -0.25) is 5.84 Å². The lowest BCUT2D eigenvalue weighted by molar-refractivity contribution is 0.602. The molecule has 0 aromatic heterocycles. The van der Waals surface area contributed by atoms with Gasteiger partial charge in [0.15, 0.2) is 0 Å². The third kappa shape index (κ3) is 2.86. The van der Waals surface area contributed by atoms with Crippen LogP contribution in [0.3, 0.4) is 0 Å². The number of benzene rings is 2. The quantitative estimate of drug-likeness (QED) is 0.667. The summed E-state index contributed by atoms with van der Waals surface area (Å²) in [4.78, 5) is 0. The summed E-state index contributed by atoms with van der Waals surface area (Å²) in [5.41, 5.74) is 6.95. The number of halogens is 2. The van der Waals surface area contributed by atoms with Gasteiger partial charge in [-0.25, -0.2) is 9.82 Å². The van der Waals surface area contributed by atoms with Crippen molar-refractivity contribution in [1.82, 2.24) is 5.43 Å². The van der Waals surface area contributed by atoms with Crippen LogP contribution in [0.5, 0.6) is 0 Å². The maximum absolute atomic E-state index is 13.4. The van der Waals surface area contributed by atoms with Crippen molar-refractivity contribution in [3.63, 3.8) is 0 Å². The molecule has 0 spiro atoms. The number of hydrazine groups is 1. The van der Waals surface area contributed by atoms with E-state index < -0.39 is 0 Å². The minimum atomic E-state index is -0.274. The van der Waals surface area contributed by atoms with Crippen LogP contribution in [0.4, 0.5) is 4.39 Å². The molecule has 1 unspecified atom stereocenters. The second-order valence-corrected chi connectivity index (χ2v) is 5.41. The van der Waals surface area contributed by atoms with E-state index in [1.54, 1.807) is 6.07 Å². The van der Waals surface area contributed by atoms with E-state index in [0.717, 1.165) is 21.2 Å². The lowest BCUT2D eigenvalue weighted by Crippen LogP contribution is -2.29. The highest BCUT2D eigenvalue weighted by Crippen LogP contribution is 2.31. The van der Waals surface area contributed by atoms with Gasteiger partial charge < -0.3 is 0 Å². The molecule has 19 heavy (non-hydrogen) atoms. The van der Waals surface area contributed by atoms with Gasteiger partial charge in [-0.15, -0.1) is 0 Å². The first-order valence-corrected chi connectivity index (χ1v) is 6.81. The van der Waals surface area contributed by atoms with E-state index in [9.17, 15) is 4.39 Å². The fourth-order valence-electron chi connectivity index (χ4n) is 2.17. The van der Waals surface area contributed by atoms with E-state index >= 15 is 0 Å². The van der Waals surface area contributed by atoms with Crippen LogP contribution in [0.25, 0.3) is 0 Å². The van der Waals surface area contributed by atoms with Crippen LogP contribution >= 0.6 is 15.9 Å². The van der Waals surface area contributed by atoms with E-state index in [4.69, 9.17) is 5.84 Å². The third-order valence-corrected chi connectivity index (χ3v) is 4.12. The van der Waals surface area contributed by atoms with Gasteiger partial charge in [-0.05, 0) is 54.3 Å². The van der Waals surface area contributed by atoms with Gasteiger partial charge in [0, 0.05) is 4.47 Å². The smallest absolute Gasteiger partial charge is 0.123 e. The zero-order chi connectivity index (χ0) is 14.0. The minimum absolute atomic E-state index is 0.245. The van der Waals surface area contributed by atoms with Crippen molar-refractivity contribution < 1.29 is 4.39 Å². The number of aryl methyl sites for hydroxylation is 1. The standard InChI is InChI=1S/C15H16BrFN2/c1-9-4-3-5-12(10(9)2)15(19-18)13-8-11(17)6-7-14(13)16/h3-8,15,19H,18H2,1-2H3. The van der Waals surface area contributed by atoms with Gasteiger partial charge in [0.1, 0.15) is 5.82 Å². The molecule has 0 aliphatic carbocycles. The first kappa shape index (κ1) is 14.2. The van der Waals surface area contributed by atoms with Gasteiger partial charge in [-0.1, -0.05) is 34.1 Å². The molecule has 2 aromatic carbocycles. The van der Waals surface area contributed by atoms with Gasteiger partial charge >= 0.3 is 0 Å². The molecule has 2 aromatic rings. The molecule has 0 amide bonds. The van der Waals surface area contributed by atoms with Crippen molar-refractivity contribution in [2.24, 2.45) is 5.84 Å². The second kappa shape index (κ2) is 5.82. The van der Waals surface area contributed by atoms with Crippen LogP contribution in [0.15, 0.2) is 40.9 Å². The predicted molar refractivity (Wildman–Crippen MR) is 79.2 cm³/mol. The highest BCUT2D eigenvalue weighted by atomic mass is 79.9. The summed E-state index contributed by atoms with van der Waals surface area (Å²) in [7, 11) is 0. The van der Waals surface area contributed by atoms with E-state index in [2.05, 4.69) is 21.4 Å². The summed E-state index contributed by atoms with van der Waals surface area (Å²) in [5, 5.41) is 0. The Balaban J connectivity index is 2.56. The molecule has 0 bridgehead atoms. The third-order valence-electron chi connectivity index (χ3n) is 3.39. The molecular formula is C15H16BrFN2. The first-order chi connectivity index (χ1) is 9.04. The summed E-state index contributed by atoms with van der Waals surface area (Å²) in [6, 6.07) is 10.4. The van der Waals surface area contributed by atoms with Gasteiger partial charge in [0.25, 0.3) is 0 Å². The van der Waals surface area contributed by atoms with E-state index in [1.165, 1.54) is 17.7 Å². The molecule has 100 valence electrons. The average molecular weight is 323 g/mol. The molecule has 2 rings (SSSR count). The largest absolute Gasteiger partial charge is 0.271 e. The van der Waals surface area contributed by atoms with Crippen molar-refractivity contribution in [3.8, 4) is 0 Å². The zero-order valence-corrected chi connectivity index (χ0v) is 12.5. The Morgan fingerprint density at radius 2 is 1.89 bits per heavy atom. The molecular weight excluding hydrogens is 307 g/mol. The monoisotopic (exact) mass is 322 g/mol. The number of nitrogens with one attached hydrogen (secondary N) is 1. The molecule has 4 heteroatoms. The highest BCUT2D eigenvalue weighted by molar-refractivity contribution is 9.10. The van der Waals surface area contributed by atoms with Gasteiger partial charge in [-0.2, -0.15) is 0 Å². The van der Waals surface area contributed by atoms with Crippen molar-refractivity contribution in [2.75, 3.05) is 0 Å². The SMILES string of the molecule is Cc1cccc(C(NN)c2cc(F)ccc2Br)c1C. The summed E-state index contributed by atoms with van der Waals surface area (Å²) in [6.45, 7) is 4.09. The van der Waals surface area contributed by atoms with Crippen LogP contribution < -0.4 is 11.3 Å². The molecule has 0 saturated heterocycles. The van der Waals surface area contributed by atoms with Crippen LogP contribution in [0.2, 0.25) is 0 Å². The number of nitrogens with two attached hydrogens (primary N) is 1. The lowest BCUT2D eigenvalue weighted by Gasteiger charge is -2.21. The van der Waals surface area contributed by atoms with Crippen molar-refractivity contribution in [1.29, 1.82) is 0 Å². The van der Waals surface area contributed by atoms with Crippen LogP contribution in [-0.4, -0.2) is 0 Å². The number of hydrogen-bond donors (Lipinski definition) is 2. The first-order valence-electron chi connectivity index (χ1n) is 6.01. The molecule has 0 saturated carbocycles. The molecule has 0 aliphatic heterocycles. The second-order valence-electron chi connectivity index (χ2n) is 4.55. The Hall–Kier alpha value is -1.23. The Morgan fingerprint density at radius 1 is 1.16 bits per heavy atom. The van der Waals surface area contributed by atoms with E-state index in [-0.39, 0.29) is 11.9 Å². The molecule has 2 nitrogen and oxygen atoms in total. The van der Waals surface area contributed by atoms with E-state index in [1.807, 2.05) is 32.0 Å². The normalized spacial score (nSPS) is 12.5. The predicted octanol–water partition coefficient (Wildman–Crippen LogP) is 3.76. The number of hydrogen-bond acceptors (Lipinski definition) is 2. The Labute approximate surface area is 120 Å². The molecule has 3 N–H and O–H groups in total. The topological polar surface area (TPSA) is 38.0 Å². The van der Waals surface area contributed by atoms with Gasteiger partial charge in [0.2, 0.25) is 0 Å². The minimum Gasteiger partial charge on any atom is -0.271 e. The zero-order valence-electron chi connectivity index (χ0n) is 10.9. The molecule has 0 fully saturated rings. The summed E-state index contributed by atoms with van der Waals surface area (Å²) >= 11 is 3.45. The Bertz CT molecular complexity index is 597. The van der Waals surface area contributed by atoms with Crippen LogP contribution in [0, 0.1) is 19.7 Å². The lowest BCUT2D eigenvalue weighted by atomic mass is 9.93. The summed E-state index contributed by atoms with van der Waals surface area (Å²) < 4.78 is 14.3. The van der Waals surface area contributed by atoms with Gasteiger partial charge in [0.05, 0.1) is 6.04 Å². The summed E-state index contributed by atoms with van der Waals surface area (Å²) in [6.07, 6.45) is 0.